The van der Waals surface area contributed by atoms with Crippen LogP contribution in [0.1, 0.15) is 17.0 Å². The van der Waals surface area contributed by atoms with Gasteiger partial charge in [-0.15, -0.1) is 0 Å². The lowest BCUT2D eigenvalue weighted by Gasteiger charge is -2.18. The first kappa shape index (κ1) is 15.4. The Morgan fingerprint density at radius 1 is 1.05 bits per heavy atom. The number of hydrogen-bond acceptors (Lipinski definition) is 4. The van der Waals surface area contributed by atoms with Crippen LogP contribution in [-0.4, -0.2) is 17.1 Å². The summed E-state index contributed by atoms with van der Waals surface area (Å²) in [4.78, 5) is 21.7. The maximum absolute atomic E-state index is 12.3. The van der Waals surface area contributed by atoms with Crippen molar-refractivity contribution in [3.63, 3.8) is 0 Å². The summed E-state index contributed by atoms with van der Waals surface area (Å²) in [5, 5.41) is 0. The van der Waals surface area contributed by atoms with Gasteiger partial charge in [-0.1, -0.05) is 60.7 Å². The van der Waals surface area contributed by atoms with Crippen LogP contribution in [0.5, 0.6) is 0 Å². The molecule has 0 saturated carbocycles. The molecule has 0 heterocycles. The summed E-state index contributed by atoms with van der Waals surface area (Å²) in [6, 6.07) is 17.9. The SMILES string of the molecule is NCP(=O)(O)OC(=O)C(c1ccccc1)c1ccccc1. The molecular weight excluding hydrogens is 289 g/mol. The molecule has 0 aromatic heterocycles. The Kier molecular flexibility index (Phi) is 4.91. The van der Waals surface area contributed by atoms with Crippen LogP contribution in [0.3, 0.4) is 0 Å². The molecule has 2 aromatic carbocycles. The Morgan fingerprint density at radius 2 is 1.48 bits per heavy atom. The van der Waals surface area contributed by atoms with Gasteiger partial charge in [0.15, 0.2) is 0 Å². The predicted molar refractivity (Wildman–Crippen MR) is 79.7 cm³/mol. The zero-order valence-corrected chi connectivity index (χ0v) is 12.1. The number of carbonyl (C=O) groups excluding carboxylic acids is 1. The largest absolute Gasteiger partial charge is 0.392 e. The van der Waals surface area contributed by atoms with Gasteiger partial charge in [0.05, 0.1) is 0 Å². The first-order valence-corrected chi connectivity index (χ1v) is 8.15. The van der Waals surface area contributed by atoms with Crippen molar-refractivity contribution in [2.45, 2.75) is 5.92 Å². The van der Waals surface area contributed by atoms with Gasteiger partial charge in [0.25, 0.3) is 0 Å². The molecule has 21 heavy (non-hydrogen) atoms. The van der Waals surface area contributed by atoms with E-state index < -0.39 is 25.8 Å². The Bertz CT molecular complexity index is 606. The molecule has 0 spiro atoms. The Labute approximate surface area is 122 Å². The molecule has 3 N–H and O–H groups in total. The molecule has 0 amide bonds. The molecule has 0 bridgehead atoms. The van der Waals surface area contributed by atoms with E-state index in [0.717, 1.165) is 0 Å². The quantitative estimate of drug-likeness (QED) is 0.828. The number of benzene rings is 2. The molecular formula is C15H16NO4P. The van der Waals surface area contributed by atoms with E-state index >= 15 is 0 Å². The third kappa shape index (κ3) is 4.02. The van der Waals surface area contributed by atoms with Crippen LogP contribution in [-0.2, 0) is 13.9 Å². The van der Waals surface area contributed by atoms with Crippen LogP contribution in [0, 0.1) is 0 Å². The van der Waals surface area contributed by atoms with E-state index in [9.17, 15) is 14.3 Å². The molecule has 2 rings (SSSR count). The van der Waals surface area contributed by atoms with Crippen molar-refractivity contribution in [2.75, 3.05) is 6.29 Å². The summed E-state index contributed by atoms with van der Waals surface area (Å²) >= 11 is 0. The van der Waals surface area contributed by atoms with Crippen molar-refractivity contribution < 1.29 is 18.8 Å². The van der Waals surface area contributed by atoms with Crippen molar-refractivity contribution in [1.29, 1.82) is 0 Å². The molecule has 1 atom stereocenters. The maximum atomic E-state index is 12.3. The van der Waals surface area contributed by atoms with E-state index in [2.05, 4.69) is 0 Å². The fourth-order valence-corrected chi connectivity index (χ4v) is 2.45. The van der Waals surface area contributed by atoms with Gasteiger partial charge >= 0.3 is 13.6 Å². The third-order valence-electron chi connectivity index (χ3n) is 2.96. The lowest BCUT2D eigenvalue weighted by Crippen LogP contribution is -2.18. The minimum absolute atomic E-state index is 0.602. The lowest BCUT2D eigenvalue weighted by atomic mass is 9.92. The molecule has 0 aliphatic rings. The number of nitrogens with two attached hydrogens (primary N) is 1. The second kappa shape index (κ2) is 6.68. The first-order chi connectivity index (χ1) is 10.0. The maximum Gasteiger partial charge on any atom is 0.392 e. The number of hydrogen-bond donors (Lipinski definition) is 2. The van der Waals surface area contributed by atoms with E-state index in [-0.39, 0.29) is 0 Å². The van der Waals surface area contributed by atoms with Crippen LogP contribution < -0.4 is 5.73 Å². The normalized spacial score (nSPS) is 13.7. The summed E-state index contributed by atoms with van der Waals surface area (Å²) in [5.41, 5.74) is 6.51. The summed E-state index contributed by atoms with van der Waals surface area (Å²) in [6.07, 6.45) is -0.602. The van der Waals surface area contributed by atoms with Gasteiger partial charge in [-0.05, 0) is 11.1 Å². The highest BCUT2D eigenvalue weighted by Crippen LogP contribution is 2.42. The van der Waals surface area contributed by atoms with E-state index in [0.29, 0.717) is 11.1 Å². The van der Waals surface area contributed by atoms with Crippen molar-refractivity contribution in [3.8, 4) is 0 Å². The fourth-order valence-electron chi connectivity index (χ4n) is 1.99. The molecule has 2 aromatic rings. The van der Waals surface area contributed by atoms with Gasteiger partial charge in [0, 0.05) is 0 Å². The second-order valence-corrected chi connectivity index (χ2v) is 6.31. The summed E-state index contributed by atoms with van der Waals surface area (Å²) < 4.78 is 16.3. The second-order valence-electron chi connectivity index (χ2n) is 4.48. The van der Waals surface area contributed by atoms with Crippen molar-refractivity contribution in [2.24, 2.45) is 5.73 Å². The highest BCUT2D eigenvalue weighted by molar-refractivity contribution is 7.53. The minimum Gasteiger partial charge on any atom is -0.390 e. The molecule has 6 heteroatoms. The molecule has 0 aliphatic carbocycles. The minimum atomic E-state index is -4.10. The monoisotopic (exact) mass is 305 g/mol. The van der Waals surface area contributed by atoms with E-state index in [1.54, 1.807) is 48.5 Å². The third-order valence-corrected chi connectivity index (χ3v) is 3.89. The predicted octanol–water partition coefficient (Wildman–Crippen LogP) is 2.46. The first-order valence-electron chi connectivity index (χ1n) is 6.39. The van der Waals surface area contributed by atoms with Gasteiger partial charge in [0.1, 0.15) is 12.2 Å². The Balaban J connectivity index is 2.38. The lowest BCUT2D eigenvalue weighted by molar-refractivity contribution is -0.135. The molecule has 0 radical (unpaired) electrons. The Hall–Kier alpha value is -1.94. The van der Waals surface area contributed by atoms with E-state index in [4.69, 9.17) is 10.3 Å². The topological polar surface area (TPSA) is 89.6 Å². The molecule has 0 aliphatic heterocycles. The van der Waals surface area contributed by atoms with Gasteiger partial charge < -0.3 is 15.2 Å². The van der Waals surface area contributed by atoms with Gasteiger partial charge in [0.2, 0.25) is 0 Å². The smallest absolute Gasteiger partial charge is 0.390 e. The summed E-state index contributed by atoms with van der Waals surface area (Å²) in [6.45, 7) is 0. The van der Waals surface area contributed by atoms with Crippen LogP contribution in [0.4, 0.5) is 0 Å². The molecule has 110 valence electrons. The molecule has 1 unspecified atom stereocenters. The summed E-state index contributed by atoms with van der Waals surface area (Å²) in [5.74, 6) is -1.55. The zero-order chi connectivity index (χ0) is 15.3. The number of rotatable bonds is 5. The highest BCUT2D eigenvalue weighted by atomic mass is 31.2. The Morgan fingerprint density at radius 3 is 1.86 bits per heavy atom. The van der Waals surface area contributed by atoms with Crippen molar-refractivity contribution in [3.05, 3.63) is 71.8 Å². The van der Waals surface area contributed by atoms with Gasteiger partial charge in [-0.2, -0.15) is 0 Å². The average molecular weight is 305 g/mol. The fraction of sp³-hybridized carbons (Fsp3) is 0.133. The van der Waals surface area contributed by atoms with E-state index in [1.165, 1.54) is 0 Å². The van der Waals surface area contributed by atoms with Crippen LogP contribution >= 0.6 is 7.60 Å². The molecule has 0 fully saturated rings. The molecule has 5 nitrogen and oxygen atoms in total. The zero-order valence-electron chi connectivity index (χ0n) is 11.3. The van der Waals surface area contributed by atoms with Crippen LogP contribution in [0.15, 0.2) is 60.7 Å². The standard InChI is InChI=1S/C15H16NO4P/c16-11-21(18,19)20-15(17)14(12-7-3-1-4-8-12)13-9-5-2-6-10-13/h1-10,14H,11,16H2,(H,18,19). The van der Waals surface area contributed by atoms with Gasteiger partial charge in [-0.3, -0.25) is 4.79 Å². The van der Waals surface area contributed by atoms with Crippen molar-refractivity contribution in [1.82, 2.24) is 0 Å². The average Bonchev–Trinajstić information content (AvgIpc) is 2.49. The van der Waals surface area contributed by atoms with Crippen molar-refractivity contribution >= 4 is 13.6 Å². The molecule has 0 saturated heterocycles. The van der Waals surface area contributed by atoms with Crippen LogP contribution in [0.2, 0.25) is 0 Å². The summed E-state index contributed by atoms with van der Waals surface area (Å²) in [7, 11) is -4.10. The van der Waals surface area contributed by atoms with Crippen LogP contribution in [0.25, 0.3) is 0 Å². The highest BCUT2D eigenvalue weighted by Gasteiger charge is 2.30. The van der Waals surface area contributed by atoms with E-state index in [1.807, 2.05) is 12.1 Å². The number of carbonyl (C=O) groups is 1. The van der Waals surface area contributed by atoms with Gasteiger partial charge in [-0.25, -0.2) is 4.57 Å².